The molecule has 5 nitrogen and oxygen atoms in total. The number of anilines is 1. The molecule has 0 radical (unpaired) electrons. The Labute approximate surface area is 103 Å². The highest BCUT2D eigenvalue weighted by molar-refractivity contribution is 6.34. The van der Waals surface area contributed by atoms with Crippen LogP contribution in [-0.4, -0.2) is 29.0 Å². The summed E-state index contributed by atoms with van der Waals surface area (Å²) in [6, 6.07) is 0. The summed E-state index contributed by atoms with van der Waals surface area (Å²) in [6.45, 7) is 1.00. The Kier molecular flexibility index (Phi) is 3.28. The van der Waals surface area contributed by atoms with E-state index in [0.29, 0.717) is 30.4 Å². The smallest absolute Gasteiger partial charge is 0.228 e. The number of carbonyl (C=O) groups excluding carboxylic acids is 1. The van der Waals surface area contributed by atoms with Gasteiger partial charge in [-0.3, -0.25) is 9.69 Å². The van der Waals surface area contributed by atoms with E-state index in [-0.39, 0.29) is 17.1 Å². The van der Waals surface area contributed by atoms with Crippen molar-refractivity contribution < 1.29 is 4.79 Å². The Morgan fingerprint density at radius 3 is 2.94 bits per heavy atom. The fraction of sp³-hybridized carbons (Fsp3) is 0.444. The third-order valence-electron chi connectivity index (χ3n) is 2.49. The van der Waals surface area contributed by atoms with E-state index >= 15 is 0 Å². The maximum absolute atomic E-state index is 11.7. The first-order valence-corrected chi connectivity index (χ1v) is 5.56. The van der Waals surface area contributed by atoms with Crippen LogP contribution in [0.3, 0.4) is 0 Å². The Bertz CT molecular complexity index is 426. The molecule has 86 valence electrons. The summed E-state index contributed by atoms with van der Waals surface area (Å²) in [5.74, 6) is 0.479. The average molecular weight is 261 g/mol. The van der Waals surface area contributed by atoms with Gasteiger partial charge in [-0.2, -0.15) is 4.98 Å². The number of hydrogen-bond donors (Lipinski definition) is 1. The molecule has 1 amide bonds. The molecule has 0 aromatic carbocycles. The van der Waals surface area contributed by atoms with Gasteiger partial charge in [-0.15, -0.1) is 0 Å². The number of nitrogens with two attached hydrogens (primary N) is 1. The molecule has 1 fully saturated rings. The zero-order chi connectivity index (χ0) is 11.7. The van der Waals surface area contributed by atoms with Crippen LogP contribution in [0.25, 0.3) is 0 Å². The minimum Gasteiger partial charge on any atom is -0.330 e. The van der Waals surface area contributed by atoms with Gasteiger partial charge in [0.1, 0.15) is 5.02 Å². The van der Waals surface area contributed by atoms with Gasteiger partial charge in [0.2, 0.25) is 11.2 Å². The molecular formula is C9H10Cl2N4O. The monoisotopic (exact) mass is 260 g/mol. The van der Waals surface area contributed by atoms with Crippen molar-refractivity contribution in [3.05, 3.63) is 16.5 Å². The predicted octanol–water partition coefficient (Wildman–Crippen LogP) is 1.09. The highest BCUT2D eigenvalue weighted by atomic mass is 35.5. The quantitative estimate of drug-likeness (QED) is 0.809. The van der Waals surface area contributed by atoms with Gasteiger partial charge in [0.05, 0.1) is 6.20 Å². The predicted molar refractivity (Wildman–Crippen MR) is 61.6 cm³/mol. The van der Waals surface area contributed by atoms with Crippen LogP contribution < -0.4 is 10.6 Å². The van der Waals surface area contributed by atoms with E-state index in [1.807, 2.05) is 0 Å². The van der Waals surface area contributed by atoms with Crippen LogP contribution in [0.5, 0.6) is 0 Å². The van der Waals surface area contributed by atoms with Gasteiger partial charge in [-0.1, -0.05) is 11.6 Å². The van der Waals surface area contributed by atoms with E-state index in [4.69, 9.17) is 28.9 Å². The first kappa shape index (κ1) is 11.6. The van der Waals surface area contributed by atoms with Gasteiger partial charge in [-0.05, 0) is 24.1 Å². The van der Waals surface area contributed by atoms with Gasteiger partial charge in [0, 0.05) is 13.0 Å². The maximum Gasteiger partial charge on any atom is 0.228 e. The minimum atomic E-state index is -0.0351. The van der Waals surface area contributed by atoms with Crippen LogP contribution in [-0.2, 0) is 4.79 Å². The number of nitrogens with zero attached hydrogens (tertiary/aromatic N) is 3. The van der Waals surface area contributed by atoms with Gasteiger partial charge in [-0.25, -0.2) is 4.98 Å². The zero-order valence-electron chi connectivity index (χ0n) is 8.36. The van der Waals surface area contributed by atoms with E-state index in [9.17, 15) is 4.79 Å². The first-order chi connectivity index (χ1) is 7.61. The molecule has 7 heteroatoms. The zero-order valence-corrected chi connectivity index (χ0v) is 9.87. The summed E-state index contributed by atoms with van der Waals surface area (Å²) >= 11 is 11.6. The molecule has 1 aromatic rings. The third kappa shape index (κ3) is 2.11. The molecule has 0 bridgehead atoms. The second-order valence-corrected chi connectivity index (χ2v) is 4.37. The Morgan fingerprint density at radius 2 is 2.31 bits per heavy atom. The molecule has 0 aliphatic carbocycles. The summed E-state index contributed by atoms with van der Waals surface area (Å²) in [5.41, 5.74) is 5.53. The van der Waals surface area contributed by atoms with Crippen molar-refractivity contribution in [1.29, 1.82) is 0 Å². The minimum absolute atomic E-state index is 0.0351. The molecule has 0 spiro atoms. The van der Waals surface area contributed by atoms with Gasteiger partial charge in [0.25, 0.3) is 0 Å². The summed E-state index contributed by atoms with van der Waals surface area (Å²) in [7, 11) is 0. The summed E-state index contributed by atoms with van der Waals surface area (Å²) in [5, 5.41) is 0.388. The van der Waals surface area contributed by atoms with E-state index in [0.717, 1.165) is 0 Å². The van der Waals surface area contributed by atoms with Crippen molar-refractivity contribution in [2.45, 2.75) is 6.42 Å². The molecule has 1 atom stereocenters. The lowest BCUT2D eigenvalue weighted by molar-refractivity contribution is -0.117. The molecule has 16 heavy (non-hydrogen) atoms. The van der Waals surface area contributed by atoms with Gasteiger partial charge >= 0.3 is 0 Å². The topological polar surface area (TPSA) is 72.1 Å². The van der Waals surface area contributed by atoms with Crippen LogP contribution in [0.4, 0.5) is 5.82 Å². The molecule has 1 unspecified atom stereocenters. The lowest BCUT2D eigenvalue weighted by atomic mass is 10.1. The van der Waals surface area contributed by atoms with Crippen LogP contribution in [0.1, 0.15) is 6.42 Å². The second kappa shape index (κ2) is 4.53. The number of amides is 1. The normalized spacial score (nSPS) is 20.6. The van der Waals surface area contributed by atoms with Crippen LogP contribution in [0.15, 0.2) is 6.20 Å². The van der Waals surface area contributed by atoms with E-state index in [1.165, 1.54) is 11.1 Å². The van der Waals surface area contributed by atoms with Crippen molar-refractivity contribution in [1.82, 2.24) is 9.97 Å². The number of hydrogen-bond acceptors (Lipinski definition) is 4. The molecule has 1 aliphatic heterocycles. The Hall–Kier alpha value is -0.910. The van der Waals surface area contributed by atoms with E-state index < -0.39 is 0 Å². The van der Waals surface area contributed by atoms with Crippen molar-refractivity contribution in [3.63, 3.8) is 0 Å². The highest BCUT2D eigenvalue weighted by Crippen LogP contribution is 2.29. The second-order valence-electron chi connectivity index (χ2n) is 3.62. The number of aromatic nitrogens is 2. The fourth-order valence-electron chi connectivity index (χ4n) is 1.67. The van der Waals surface area contributed by atoms with E-state index in [1.54, 1.807) is 0 Å². The summed E-state index contributed by atoms with van der Waals surface area (Å²) in [4.78, 5) is 20.9. The van der Waals surface area contributed by atoms with Gasteiger partial charge in [0.15, 0.2) is 5.82 Å². The third-order valence-corrected chi connectivity index (χ3v) is 2.94. The molecule has 0 saturated carbocycles. The van der Waals surface area contributed by atoms with Crippen molar-refractivity contribution in [3.8, 4) is 0 Å². The van der Waals surface area contributed by atoms with Gasteiger partial charge < -0.3 is 5.73 Å². The molecular weight excluding hydrogens is 251 g/mol. The molecule has 2 rings (SSSR count). The SMILES string of the molecule is NCC1CC(=O)N(c2nc(Cl)ncc2Cl)C1. The number of rotatable bonds is 2. The van der Waals surface area contributed by atoms with Crippen LogP contribution >= 0.6 is 23.2 Å². The molecule has 2 N–H and O–H groups in total. The average Bonchev–Trinajstić information content (AvgIpc) is 2.63. The fourth-order valence-corrected chi connectivity index (χ4v) is 1.99. The molecule has 1 aromatic heterocycles. The van der Waals surface area contributed by atoms with Crippen molar-refractivity contribution in [2.24, 2.45) is 11.7 Å². The maximum atomic E-state index is 11.7. The largest absolute Gasteiger partial charge is 0.330 e. The molecule has 1 saturated heterocycles. The summed E-state index contributed by atoms with van der Waals surface area (Å²) in [6.07, 6.45) is 1.81. The lowest BCUT2D eigenvalue weighted by Crippen LogP contribution is -2.27. The number of carbonyl (C=O) groups is 1. The van der Waals surface area contributed by atoms with Crippen LogP contribution in [0.2, 0.25) is 10.3 Å². The van der Waals surface area contributed by atoms with Crippen molar-refractivity contribution >= 4 is 34.9 Å². The van der Waals surface area contributed by atoms with Crippen LogP contribution in [0, 0.1) is 5.92 Å². The van der Waals surface area contributed by atoms with E-state index in [2.05, 4.69) is 9.97 Å². The van der Waals surface area contributed by atoms with Crippen molar-refractivity contribution in [2.75, 3.05) is 18.0 Å². The first-order valence-electron chi connectivity index (χ1n) is 4.80. The Balaban J connectivity index is 2.30. The lowest BCUT2D eigenvalue weighted by Gasteiger charge is -2.16. The standard InChI is InChI=1S/C9H10Cl2N4O/c10-6-3-13-9(11)14-8(6)15-4-5(2-12)1-7(15)16/h3,5H,1-2,4,12H2. The highest BCUT2D eigenvalue weighted by Gasteiger charge is 2.31. The summed E-state index contributed by atoms with van der Waals surface area (Å²) < 4.78 is 0. The molecule has 1 aliphatic rings. The molecule has 2 heterocycles. The Morgan fingerprint density at radius 1 is 1.56 bits per heavy atom. The number of halogens is 2.